The second kappa shape index (κ2) is 8.77. The number of amides is 2. The van der Waals surface area contributed by atoms with Crippen molar-refractivity contribution in [3.63, 3.8) is 0 Å². The van der Waals surface area contributed by atoms with E-state index in [0.29, 0.717) is 11.5 Å². The van der Waals surface area contributed by atoms with E-state index in [1.165, 1.54) is 0 Å². The number of nitrogens with zero attached hydrogens (tertiary/aromatic N) is 2. The minimum Gasteiger partial charge on any atom is -0.339 e. The molecule has 2 amide bonds. The Kier molecular flexibility index (Phi) is 5.96. The fourth-order valence-electron chi connectivity index (χ4n) is 2.31. The van der Waals surface area contributed by atoms with Gasteiger partial charge in [-0.05, 0) is 48.5 Å². The molecule has 0 aliphatic carbocycles. The third kappa shape index (κ3) is 5.14. The maximum Gasteiger partial charge on any atom is 0.276 e. The van der Waals surface area contributed by atoms with Crippen LogP contribution in [0, 0.1) is 5.92 Å². The van der Waals surface area contributed by atoms with E-state index in [9.17, 15) is 9.59 Å². The molecule has 0 unspecified atom stereocenters. The molecule has 0 fully saturated rings. The van der Waals surface area contributed by atoms with Crippen LogP contribution in [0.4, 0.5) is 22.9 Å². The van der Waals surface area contributed by atoms with Crippen LogP contribution < -0.4 is 16.0 Å². The first-order valence-corrected chi connectivity index (χ1v) is 8.89. The van der Waals surface area contributed by atoms with E-state index < -0.39 is 0 Å². The molecule has 3 rings (SSSR count). The zero-order valence-corrected chi connectivity index (χ0v) is 15.6. The minimum absolute atomic E-state index is 0.0315. The molecule has 0 radical (unpaired) electrons. The summed E-state index contributed by atoms with van der Waals surface area (Å²) >= 11 is 0. The van der Waals surface area contributed by atoms with Gasteiger partial charge in [0.1, 0.15) is 0 Å². The molecule has 2 aromatic carbocycles. The van der Waals surface area contributed by atoms with Crippen LogP contribution in [0.3, 0.4) is 0 Å². The first-order chi connectivity index (χ1) is 13.5. The Hall–Kier alpha value is -3.74. The molecule has 3 aromatic rings. The summed E-state index contributed by atoms with van der Waals surface area (Å²) in [6, 6.07) is 19.7. The predicted octanol–water partition coefficient (Wildman–Crippen LogP) is 4.07. The lowest BCUT2D eigenvalue weighted by atomic mass is 10.2. The predicted molar refractivity (Wildman–Crippen MR) is 110 cm³/mol. The molecule has 3 N–H and O–H groups in total. The monoisotopic (exact) mass is 375 g/mol. The largest absolute Gasteiger partial charge is 0.339 e. The summed E-state index contributed by atoms with van der Waals surface area (Å²) in [6.45, 7) is 3.68. The van der Waals surface area contributed by atoms with Crippen LogP contribution in [0.1, 0.15) is 24.3 Å². The highest BCUT2D eigenvalue weighted by Crippen LogP contribution is 2.18. The van der Waals surface area contributed by atoms with Crippen LogP contribution >= 0.6 is 0 Å². The molecule has 142 valence electrons. The molecule has 0 saturated heterocycles. The second-order valence-corrected chi connectivity index (χ2v) is 6.47. The van der Waals surface area contributed by atoms with E-state index in [1.54, 1.807) is 36.4 Å². The molecule has 28 heavy (non-hydrogen) atoms. The van der Waals surface area contributed by atoms with Gasteiger partial charge in [-0.3, -0.25) is 9.59 Å². The molecular weight excluding hydrogens is 354 g/mol. The fourth-order valence-corrected chi connectivity index (χ4v) is 2.31. The highest BCUT2D eigenvalue weighted by Gasteiger charge is 2.09. The molecule has 7 nitrogen and oxygen atoms in total. The molecule has 0 aliphatic rings. The van der Waals surface area contributed by atoms with Crippen molar-refractivity contribution >= 4 is 34.7 Å². The summed E-state index contributed by atoms with van der Waals surface area (Å²) in [5, 5.41) is 16.7. The van der Waals surface area contributed by atoms with E-state index >= 15 is 0 Å². The highest BCUT2D eigenvalue weighted by atomic mass is 16.2. The van der Waals surface area contributed by atoms with Crippen molar-refractivity contribution in [1.82, 2.24) is 10.2 Å². The van der Waals surface area contributed by atoms with Gasteiger partial charge in [0.15, 0.2) is 11.5 Å². The number of hydrogen-bond donors (Lipinski definition) is 3. The Morgan fingerprint density at radius 3 is 2.00 bits per heavy atom. The lowest BCUT2D eigenvalue weighted by Gasteiger charge is -2.09. The molecule has 0 atom stereocenters. The Morgan fingerprint density at radius 1 is 0.750 bits per heavy atom. The number of para-hydroxylation sites is 1. The maximum atomic E-state index is 12.2. The normalized spacial score (nSPS) is 10.4. The van der Waals surface area contributed by atoms with Crippen LogP contribution in [-0.2, 0) is 4.79 Å². The molecule has 1 heterocycles. The van der Waals surface area contributed by atoms with E-state index in [2.05, 4.69) is 26.1 Å². The van der Waals surface area contributed by atoms with Crippen molar-refractivity contribution in [3.8, 4) is 0 Å². The van der Waals surface area contributed by atoms with Gasteiger partial charge in [-0.25, -0.2) is 0 Å². The molecule has 0 bridgehead atoms. The van der Waals surface area contributed by atoms with Crippen LogP contribution in [-0.4, -0.2) is 22.0 Å². The fraction of sp³-hybridized carbons (Fsp3) is 0.143. The SMILES string of the molecule is CC(C)C(=O)Nc1ccc(Nc2ccc(C(=O)Nc3ccccc3)nn2)cc1. The minimum atomic E-state index is -0.324. The van der Waals surface area contributed by atoms with Gasteiger partial charge in [-0.1, -0.05) is 32.0 Å². The zero-order chi connectivity index (χ0) is 19.9. The van der Waals surface area contributed by atoms with Crippen molar-refractivity contribution in [1.29, 1.82) is 0 Å². The summed E-state index contributed by atoms with van der Waals surface area (Å²) in [4.78, 5) is 23.9. The smallest absolute Gasteiger partial charge is 0.276 e. The quantitative estimate of drug-likeness (QED) is 0.604. The van der Waals surface area contributed by atoms with Gasteiger partial charge in [0.05, 0.1) is 0 Å². The van der Waals surface area contributed by atoms with Gasteiger partial charge in [0.25, 0.3) is 5.91 Å². The van der Waals surface area contributed by atoms with Crippen molar-refractivity contribution in [2.24, 2.45) is 5.92 Å². The number of rotatable bonds is 6. The van der Waals surface area contributed by atoms with Crippen molar-refractivity contribution in [2.45, 2.75) is 13.8 Å². The average Bonchev–Trinajstić information content (AvgIpc) is 2.70. The third-order valence-electron chi connectivity index (χ3n) is 3.88. The Bertz CT molecular complexity index is 939. The van der Waals surface area contributed by atoms with E-state index in [0.717, 1.165) is 11.4 Å². The Labute approximate surface area is 163 Å². The molecule has 0 aliphatic heterocycles. The van der Waals surface area contributed by atoms with Gasteiger partial charge < -0.3 is 16.0 Å². The van der Waals surface area contributed by atoms with E-state index in [4.69, 9.17) is 0 Å². The number of nitrogens with one attached hydrogen (secondary N) is 3. The molecule has 0 saturated carbocycles. The molecule has 7 heteroatoms. The van der Waals surface area contributed by atoms with Crippen molar-refractivity contribution in [2.75, 3.05) is 16.0 Å². The lowest BCUT2D eigenvalue weighted by molar-refractivity contribution is -0.118. The number of aromatic nitrogens is 2. The first-order valence-electron chi connectivity index (χ1n) is 8.89. The summed E-state index contributed by atoms with van der Waals surface area (Å²) in [6.07, 6.45) is 0. The first kappa shape index (κ1) is 19.0. The standard InChI is InChI=1S/C21H21N5O2/c1-14(2)20(27)23-17-10-8-16(9-11-17)22-19-13-12-18(25-26-19)21(28)24-15-6-4-3-5-7-15/h3-14H,1-2H3,(H,22,26)(H,23,27)(H,24,28). The van der Waals surface area contributed by atoms with Crippen LogP contribution in [0.2, 0.25) is 0 Å². The third-order valence-corrected chi connectivity index (χ3v) is 3.88. The summed E-state index contributed by atoms with van der Waals surface area (Å²) in [5.74, 6) is 0.0762. The number of carbonyl (C=O) groups excluding carboxylic acids is 2. The van der Waals surface area contributed by atoms with Gasteiger partial charge in [-0.2, -0.15) is 0 Å². The molecule has 0 spiro atoms. The van der Waals surface area contributed by atoms with Gasteiger partial charge in [-0.15, -0.1) is 10.2 Å². The van der Waals surface area contributed by atoms with Crippen LogP contribution in [0.15, 0.2) is 66.7 Å². The number of anilines is 4. The van der Waals surface area contributed by atoms with Gasteiger partial charge in [0.2, 0.25) is 5.91 Å². The Morgan fingerprint density at radius 2 is 1.39 bits per heavy atom. The molecular formula is C21H21N5O2. The topological polar surface area (TPSA) is 96.0 Å². The second-order valence-electron chi connectivity index (χ2n) is 6.47. The molecule has 1 aromatic heterocycles. The number of hydrogen-bond acceptors (Lipinski definition) is 5. The average molecular weight is 375 g/mol. The summed E-state index contributed by atoms with van der Waals surface area (Å²) < 4.78 is 0. The zero-order valence-electron chi connectivity index (χ0n) is 15.6. The summed E-state index contributed by atoms with van der Waals surface area (Å²) in [5.41, 5.74) is 2.43. The van der Waals surface area contributed by atoms with Crippen molar-refractivity contribution in [3.05, 3.63) is 72.4 Å². The van der Waals surface area contributed by atoms with E-state index in [1.807, 2.05) is 44.2 Å². The summed E-state index contributed by atoms with van der Waals surface area (Å²) in [7, 11) is 0. The number of benzene rings is 2. The highest BCUT2D eigenvalue weighted by molar-refractivity contribution is 6.02. The van der Waals surface area contributed by atoms with Crippen LogP contribution in [0.5, 0.6) is 0 Å². The van der Waals surface area contributed by atoms with Crippen LogP contribution in [0.25, 0.3) is 0 Å². The van der Waals surface area contributed by atoms with Gasteiger partial charge >= 0.3 is 0 Å². The van der Waals surface area contributed by atoms with Gasteiger partial charge in [0, 0.05) is 23.0 Å². The number of carbonyl (C=O) groups is 2. The Balaban J connectivity index is 1.59. The maximum absolute atomic E-state index is 12.2. The van der Waals surface area contributed by atoms with Crippen molar-refractivity contribution < 1.29 is 9.59 Å². The van der Waals surface area contributed by atoms with E-state index in [-0.39, 0.29) is 23.4 Å². The lowest BCUT2D eigenvalue weighted by Crippen LogP contribution is -2.17.